The molecule has 2 rings (SSSR count). The van der Waals surface area contributed by atoms with Gasteiger partial charge in [0, 0.05) is 7.05 Å². The maximum Gasteiger partial charge on any atom is 0.125 e. The van der Waals surface area contributed by atoms with Crippen LogP contribution in [-0.2, 0) is 0 Å². The Balaban J connectivity index is 2.51. The van der Waals surface area contributed by atoms with Crippen LogP contribution in [0.25, 0.3) is 10.6 Å². The highest BCUT2D eigenvalue weighted by Crippen LogP contribution is 2.35. The van der Waals surface area contributed by atoms with Gasteiger partial charge >= 0.3 is 0 Å². The van der Waals surface area contributed by atoms with Gasteiger partial charge in [-0.3, -0.25) is 5.10 Å². The SMILES string of the molecule is CNc1c(-c2ccc(Br)s2)n[nH]c1C. The van der Waals surface area contributed by atoms with Gasteiger partial charge in [-0.1, -0.05) is 0 Å². The highest BCUT2D eigenvalue weighted by Gasteiger charge is 2.12. The second-order valence-corrected chi connectivity index (χ2v) is 5.39. The number of hydrogen-bond acceptors (Lipinski definition) is 3. The number of aryl methyl sites for hydroxylation is 1. The molecule has 2 N–H and O–H groups in total. The molecule has 74 valence electrons. The lowest BCUT2D eigenvalue weighted by atomic mass is 10.2. The van der Waals surface area contributed by atoms with E-state index in [2.05, 4.69) is 37.5 Å². The van der Waals surface area contributed by atoms with Crippen LogP contribution in [0.1, 0.15) is 5.69 Å². The molecule has 0 atom stereocenters. The van der Waals surface area contributed by atoms with Crippen LogP contribution in [0.15, 0.2) is 15.9 Å². The topological polar surface area (TPSA) is 40.7 Å². The quantitative estimate of drug-likeness (QED) is 0.881. The Kier molecular flexibility index (Phi) is 2.60. The highest BCUT2D eigenvalue weighted by molar-refractivity contribution is 9.11. The summed E-state index contributed by atoms with van der Waals surface area (Å²) >= 11 is 5.12. The van der Waals surface area contributed by atoms with E-state index >= 15 is 0 Å². The number of anilines is 1. The van der Waals surface area contributed by atoms with Crippen LogP contribution < -0.4 is 5.32 Å². The zero-order valence-corrected chi connectivity index (χ0v) is 10.3. The number of rotatable bonds is 2. The van der Waals surface area contributed by atoms with E-state index in [4.69, 9.17) is 0 Å². The molecule has 0 aromatic carbocycles. The number of thiophene rings is 1. The average molecular weight is 272 g/mol. The monoisotopic (exact) mass is 271 g/mol. The molecule has 0 radical (unpaired) electrons. The van der Waals surface area contributed by atoms with Crippen molar-refractivity contribution in [1.82, 2.24) is 10.2 Å². The van der Waals surface area contributed by atoms with E-state index in [1.807, 2.05) is 20.0 Å². The van der Waals surface area contributed by atoms with Gasteiger partial charge in [0.1, 0.15) is 5.69 Å². The van der Waals surface area contributed by atoms with E-state index in [0.717, 1.165) is 25.7 Å². The van der Waals surface area contributed by atoms with Crippen molar-refractivity contribution < 1.29 is 0 Å². The number of aromatic nitrogens is 2. The number of nitrogens with zero attached hydrogens (tertiary/aromatic N) is 1. The first-order valence-electron chi connectivity index (χ1n) is 4.21. The smallest absolute Gasteiger partial charge is 0.125 e. The number of halogens is 1. The fourth-order valence-corrected chi connectivity index (χ4v) is 2.74. The molecule has 3 nitrogen and oxygen atoms in total. The van der Waals surface area contributed by atoms with Crippen molar-refractivity contribution in [2.45, 2.75) is 6.92 Å². The predicted octanol–water partition coefficient (Wildman–Crippen LogP) is 3.25. The Morgan fingerprint density at radius 1 is 1.50 bits per heavy atom. The molecule has 5 heteroatoms. The molecule has 14 heavy (non-hydrogen) atoms. The summed E-state index contributed by atoms with van der Waals surface area (Å²) in [6.45, 7) is 2.00. The normalized spacial score (nSPS) is 10.5. The van der Waals surface area contributed by atoms with Crippen LogP contribution in [0.3, 0.4) is 0 Å². The molecule has 2 aromatic rings. The molecule has 0 unspecified atom stereocenters. The van der Waals surface area contributed by atoms with Crippen LogP contribution >= 0.6 is 27.3 Å². The molecule has 0 saturated heterocycles. The van der Waals surface area contributed by atoms with Crippen LogP contribution in [0, 0.1) is 6.92 Å². The summed E-state index contributed by atoms with van der Waals surface area (Å²) in [6.07, 6.45) is 0. The summed E-state index contributed by atoms with van der Waals surface area (Å²) in [6, 6.07) is 4.09. The van der Waals surface area contributed by atoms with Gasteiger partial charge in [0.15, 0.2) is 0 Å². The highest BCUT2D eigenvalue weighted by atomic mass is 79.9. The Labute approximate surface area is 94.7 Å². The van der Waals surface area contributed by atoms with E-state index in [1.165, 1.54) is 0 Å². The fourth-order valence-electron chi connectivity index (χ4n) is 1.35. The fraction of sp³-hybridized carbons (Fsp3) is 0.222. The van der Waals surface area contributed by atoms with E-state index in [0.29, 0.717) is 0 Å². The first-order valence-corrected chi connectivity index (χ1v) is 5.81. The molecule has 0 aliphatic carbocycles. The van der Waals surface area contributed by atoms with Crippen LogP contribution in [0.4, 0.5) is 5.69 Å². The third-order valence-corrected chi connectivity index (χ3v) is 3.63. The van der Waals surface area contributed by atoms with Gasteiger partial charge in [-0.2, -0.15) is 5.10 Å². The lowest BCUT2D eigenvalue weighted by molar-refractivity contribution is 1.05. The Morgan fingerprint density at radius 3 is 2.86 bits per heavy atom. The van der Waals surface area contributed by atoms with E-state index < -0.39 is 0 Å². The zero-order valence-electron chi connectivity index (χ0n) is 7.89. The maximum atomic E-state index is 4.27. The summed E-state index contributed by atoms with van der Waals surface area (Å²) in [5.41, 5.74) is 3.12. The first-order chi connectivity index (χ1) is 6.72. The predicted molar refractivity (Wildman–Crippen MR) is 63.9 cm³/mol. The van der Waals surface area contributed by atoms with Crippen LogP contribution in [0.2, 0.25) is 0 Å². The molecule has 0 aliphatic rings. The molecule has 0 fully saturated rings. The van der Waals surface area contributed by atoms with Crippen molar-refractivity contribution in [3.8, 4) is 10.6 Å². The molecule has 0 saturated carbocycles. The third-order valence-electron chi connectivity index (χ3n) is 2.00. The van der Waals surface area contributed by atoms with Crippen molar-refractivity contribution in [1.29, 1.82) is 0 Å². The standard InChI is InChI=1S/C9H10BrN3S/c1-5-8(11-2)9(13-12-5)6-3-4-7(10)14-6/h3-4,11H,1-2H3,(H,12,13). The summed E-state index contributed by atoms with van der Waals surface area (Å²) < 4.78 is 1.12. The lowest BCUT2D eigenvalue weighted by Gasteiger charge is -1.99. The summed E-state index contributed by atoms with van der Waals surface area (Å²) in [5.74, 6) is 0. The largest absolute Gasteiger partial charge is 0.385 e. The number of aromatic amines is 1. The van der Waals surface area contributed by atoms with Gasteiger partial charge in [-0.05, 0) is 35.0 Å². The van der Waals surface area contributed by atoms with E-state index in [-0.39, 0.29) is 0 Å². The Hall–Kier alpha value is -0.810. The van der Waals surface area contributed by atoms with Crippen LogP contribution in [0.5, 0.6) is 0 Å². The number of nitrogens with one attached hydrogen (secondary N) is 2. The van der Waals surface area contributed by atoms with E-state index in [9.17, 15) is 0 Å². The second kappa shape index (κ2) is 3.74. The Morgan fingerprint density at radius 2 is 2.29 bits per heavy atom. The van der Waals surface area contributed by atoms with Crippen LogP contribution in [-0.4, -0.2) is 17.2 Å². The van der Waals surface area contributed by atoms with Crippen molar-refractivity contribution >= 4 is 33.0 Å². The first kappa shape index (κ1) is 9.73. The maximum absolute atomic E-state index is 4.27. The summed E-state index contributed by atoms with van der Waals surface area (Å²) in [5, 5.41) is 10.4. The van der Waals surface area contributed by atoms with Gasteiger partial charge in [0.25, 0.3) is 0 Å². The minimum Gasteiger partial charge on any atom is -0.385 e. The third kappa shape index (κ3) is 1.57. The molecule has 0 amide bonds. The lowest BCUT2D eigenvalue weighted by Crippen LogP contribution is -1.89. The number of H-pyrrole nitrogens is 1. The van der Waals surface area contributed by atoms with Crippen molar-refractivity contribution in [2.24, 2.45) is 0 Å². The van der Waals surface area contributed by atoms with Gasteiger partial charge in [-0.15, -0.1) is 11.3 Å². The van der Waals surface area contributed by atoms with Crippen molar-refractivity contribution in [2.75, 3.05) is 12.4 Å². The number of hydrogen-bond donors (Lipinski definition) is 2. The van der Waals surface area contributed by atoms with E-state index in [1.54, 1.807) is 11.3 Å². The molecule has 0 spiro atoms. The zero-order chi connectivity index (χ0) is 10.1. The van der Waals surface area contributed by atoms with Gasteiger partial charge in [0.05, 0.1) is 20.0 Å². The summed E-state index contributed by atoms with van der Waals surface area (Å²) in [7, 11) is 1.91. The second-order valence-electron chi connectivity index (χ2n) is 2.93. The molecular formula is C9H10BrN3S. The minimum atomic E-state index is 0.987. The van der Waals surface area contributed by atoms with Gasteiger partial charge < -0.3 is 5.32 Å². The minimum absolute atomic E-state index is 0.987. The molecular weight excluding hydrogens is 262 g/mol. The average Bonchev–Trinajstić information content (AvgIpc) is 2.71. The Bertz CT molecular complexity index is 447. The van der Waals surface area contributed by atoms with Crippen molar-refractivity contribution in [3.05, 3.63) is 21.6 Å². The van der Waals surface area contributed by atoms with Gasteiger partial charge in [0.2, 0.25) is 0 Å². The molecule has 0 aliphatic heterocycles. The van der Waals surface area contributed by atoms with Gasteiger partial charge in [-0.25, -0.2) is 0 Å². The molecule has 0 bridgehead atoms. The van der Waals surface area contributed by atoms with Crippen molar-refractivity contribution in [3.63, 3.8) is 0 Å². The molecule has 2 heterocycles. The molecule has 2 aromatic heterocycles. The summed E-state index contributed by atoms with van der Waals surface area (Å²) in [4.78, 5) is 1.16.